The van der Waals surface area contributed by atoms with E-state index in [1.54, 1.807) is 21.8 Å². The van der Waals surface area contributed by atoms with E-state index in [2.05, 4.69) is 20.1 Å². The van der Waals surface area contributed by atoms with Crippen LogP contribution in [0.15, 0.2) is 21.7 Å². The molecule has 0 spiro atoms. The van der Waals surface area contributed by atoms with Crippen molar-refractivity contribution >= 4 is 33.8 Å². The molecule has 0 saturated carbocycles. The van der Waals surface area contributed by atoms with Gasteiger partial charge in [0.05, 0.1) is 6.54 Å². The Bertz CT molecular complexity index is 782. The molecule has 24 heavy (non-hydrogen) atoms. The maximum absolute atomic E-state index is 12.6. The largest absolute Gasteiger partial charge is 0.312 e. The van der Waals surface area contributed by atoms with E-state index in [0.29, 0.717) is 23.2 Å². The lowest BCUT2D eigenvalue weighted by atomic mass is 9.97. The fourth-order valence-corrected chi connectivity index (χ4v) is 5.92. The Morgan fingerprint density at radius 3 is 2.71 bits per heavy atom. The van der Waals surface area contributed by atoms with Crippen LogP contribution in [0.5, 0.6) is 0 Å². The summed E-state index contributed by atoms with van der Waals surface area (Å²) in [5, 5.41) is 13.7. The van der Waals surface area contributed by atoms with Crippen molar-refractivity contribution in [2.24, 2.45) is 0 Å². The first-order chi connectivity index (χ1) is 11.2. The third-order valence-corrected chi connectivity index (χ3v) is 7.83. The minimum atomic E-state index is -3.33. The van der Waals surface area contributed by atoms with Crippen LogP contribution in [0.1, 0.15) is 30.4 Å². The van der Waals surface area contributed by atoms with Gasteiger partial charge in [0.1, 0.15) is 15.9 Å². The van der Waals surface area contributed by atoms with Gasteiger partial charge in [-0.2, -0.15) is 4.31 Å². The molecule has 2 aliphatic rings. The van der Waals surface area contributed by atoms with Crippen molar-refractivity contribution in [1.29, 1.82) is 0 Å². The number of rotatable bonds is 3. The quantitative estimate of drug-likeness (QED) is 0.859. The zero-order valence-corrected chi connectivity index (χ0v) is 15.5. The number of piperidine rings is 1. The molecule has 0 atom stereocenters. The average molecular weight is 390 g/mol. The molecule has 7 nitrogen and oxygen atoms in total. The van der Waals surface area contributed by atoms with Gasteiger partial charge in [-0.3, -0.25) is 0 Å². The first-order valence-electron chi connectivity index (χ1n) is 7.82. The van der Waals surface area contributed by atoms with Crippen molar-refractivity contribution < 1.29 is 8.42 Å². The molecule has 2 aromatic heterocycles. The minimum Gasteiger partial charge on any atom is -0.312 e. The second-order valence-electron chi connectivity index (χ2n) is 5.91. The van der Waals surface area contributed by atoms with Crippen molar-refractivity contribution in [1.82, 2.24) is 24.4 Å². The fraction of sp³-hybridized carbons (Fsp3) is 0.571. The molecule has 132 valence electrons. The average Bonchev–Trinajstić information content (AvgIpc) is 3.25. The molecule has 0 aromatic carbocycles. The molecule has 1 saturated heterocycles. The van der Waals surface area contributed by atoms with E-state index >= 15 is 0 Å². The Hall–Kier alpha value is -1.00. The maximum Gasteiger partial charge on any atom is 0.252 e. The van der Waals surface area contributed by atoms with E-state index in [4.69, 9.17) is 0 Å². The number of hydrogen-bond donors (Lipinski definition) is 1. The second-order valence-corrected chi connectivity index (χ2v) is 9.03. The molecule has 2 aliphatic heterocycles. The third-order valence-electron chi connectivity index (χ3n) is 4.56. The van der Waals surface area contributed by atoms with E-state index in [1.165, 1.54) is 11.3 Å². The number of sulfonamides is 1. The van der Waals surface area contributed by atoms with Gasteiger partial charge in [0, 0.05) is 32.1 Å². The third kappa shape index (κ3) is 3.11. The number of nitrogens with zero attached hydrogens (tertiary/aromatic N) is 4. The summed E-state index contributed by atoms with van der Waals surface area (Å²) in [4.78, 5) is 0. The molecular formula is C14H20ClN5O2S2. The highest BCUT2D eigenvalue weighted by molar-refractivity contribution is 7.91. The molecule has 1 N–H and O–H groups in total. The number of nitrogens with one attached hydrogen (secondary N) is 1. The molecule has 0 aliphatic carbocycles. The van der Waals surface area contributed by atoms with Crippen LogP contribution in [0.4, 0.5) is 0 Å². The van der Waals surface area contributed by atoms with Crippen LogP contribution in [0.3, 0.4) is 0 Å². The summed E-state index contributed by atoms with van der Waals surface area (Å²) < 4.78 is 29.4. The topological polar surface area (TPSA) is 80.1 Å². The zero-order chi connectivity index (χ0) is 15.9. The monoisotopic (exact) mass is 389 g/mol. The van der Waals surface area contributed by atoms with Crippen molar-refractivity contribution in [2.45, 2.75) is 36.1 Å². The number of aromatic nitrogens is 3. The van der Waals surface area contributed by atoms with E-state index in [-0.39, 0.29) is 12.4 Å². The summed E-state index contributed by atoms with van der Waals surface area (Å²) in [5.74, 6) is 2.30. The van der Waals surface area contributed by atoms with Crippen LogP contribution in [0.2, 0.25) is 0 Å². The standard InChI is InChI=1S/C14H19N5O2S2.ClH/c20-23(21,13-2-1-9-22-13)18-6-3-11(4-7-18)14-17-16-12-10-15-5-8-19(12)14;/h1-2,9,11,15H,3-8,10H2;1H. The van der Waals surface area contributed by atoms with Crippen LogP contribution in [-0.2, 0) is 23.1 Å². The SMILES string of the molecule is Cl.O=S(=O)(c1cccs1)N1CCC(c2nnc3n2CCNC3)CC1. The molecule has 0 bridgehead atoms. The summed E-state index contributed by atoms with van der Waals surface area (Å²) in [7, 11) is -3.33. The Labute approximate surface area is 151 Å². The van der Waals surface area contributed by atoms with Gasteiger partial charge in [-0.1, -0.05) is 6.07 Å². The summed E-state index contributed by atoms with van der Waals surface area (Å²) in [5.41, 5.74) is 0. The normalized spacial score (nSPS) is 19.7. The Kier molecular flexibility index (Phi) is 5.26. The number of fused-ring (bicyclic) bond motifs is 1. The van der Waals surface area contributed by atoms with E-state index in [1.807, 2.05) is 0 Å². The van der Waals surface area contributed by atoms with Gasteiger partial charge in [0.15, 0.2) is 0 Å². The lowest BCUT2D eigenvalue weighted by Crippen LogP contribution is -2.38. The highest BCUT2D eigenvalue weighted by Gasteiger charge is 2.33. The number of hydrogen-bond acceptors (Lipinski definition) is 6. The first kappa shape index (κ1) is 17.8. The molecule has 4 heterocycles. The zero-order valence-electron chi connectivity index (χ0n) is 13.1. The predicted molar refractivity (Wildman–Crippen MR) is 94.0 cm³/mol. The van der Waals surface area contributed by atoms with Gasteiger partial charge >= 0.3 is 0 Å². The Morgan fingerprint density at radius 2 is 2.00 bits per heavy atom. The lowest BCUT2D eigenvalue weighted by Gasteiger charge is -2.31. The fourth-order valence-electron chi connectivity index (χ4n) is 3.31. The highest BCUT2D eigenvalue weighted by atomic mass is 35.5. The van der Waals surface area contributed by atoms with E-state index in [9.17, 15) is 8.42 Å². The van der Waals surface area contributed by atoms with Gasteiger partial charge in [0.25, 0.3) is 10.0 Å². The molecule has 0 unspecified atom stereocenters. The molecule has 1 fully saturated rings. The van der Waals surface area contributed by atoms with E-state index in [0.717, 1.165) is 44.1 Å². The predicted octanol–water partition coefficient (Wildman–Crippen LogP) is 1.43. The molecule has 0 radical (unpaired) electrons. The van der Waals surface area contributed by atoms with Crippen molar-refractivity contribution in [3.05, 3.63) is 29.2 Å². The Balaban J connectivity index is 0.00000169. The van der Waals surface area contributed by atoms with Crippen LogP contribution >= 0.6 is 23.7 Å². The Morgan fingerprint density at radius 1 is 1.21 bits per heavy atom. The van der Waals surface area contributed by atoms with Crippen LogP contribution < -0.4 is 5.32 Å². The highest BCUT2D eigenvalue weighted by Crippen LogP contribution is 2.31. The van der Waals surface area contributed by atoms with Gasteiger partial charge in [-0.15, -0.1) is 33.9 Å². The van der Waals surface area contributed by atoms with Crippen molar-refractivity contribution in [3.63, 3.8) is 0 Å². The van der Waals surface area contributed by atoms with E-state index < -0.39 is 10.0 Å². The van der Waals surface area contributed by atoms with Crippen LogP contribution in [0, 0.1) is 0 Å². The summed E-state index contributed by atoms with van der Waals surface area (Å²) in [6, 6.07) is 3.45. The van der Waals surface area contributed by atoms with Gasteiger partial charge in [-0.05, 0) is 24.3 Å². The van der Waals surface area contributed by atoms with Gasteiger partial charge in [0.2, 0.25) is 0 Å². The summed E-state index contributed by atoms with van der Waals surface area (Å²) >= 11 is 1.28. The van der Waals surface area contributed by atoms with Crippen LogP contribution in [-0.4, -0.2) is 47.1 Å². The molecule has 0 amide bonds. The second kappa shape index (κ2) is 7.09. The molecule has 10 heteroatoms. The van der Waals surface area contributed by atoms with Gasteiger partial charge in [-0.25, -0.2) is 8.42 Å². The number of thiophene rings is 1. The summed E-state index contributed by atoms with van der Waals surface area (Å²) in [6.07, 6.45) is 1.60. The minimum absolute atomic E-state index is 0. The summed E-state index contributed by atoms with van der Waals surface area (Å²) in [6.45, 7) is 3.68. The van der Waals surface area contributed by atoms with Crippen molar-refractivity contribution in [2.75, 3.05) is 19.6 Å². The molecule has 2 aromatic rings. The lowest BCUT2D eigenvalue weighted by molar-refractivity contribution is 0.307. The van der Waals surface area contributed by atoms with Crippen LogP contribution in [0.25, 0.3) is 0 Å². The van der Waals surface area contributed by atoms with Gasteiger partial charge < -0.3 is 9.88 Å². The number of halogens is 1. The molecule has 4 rings (SSSR count). The first-order valence-corrected chi connectivity index (χ1v) is 10.1. The smallest absolute Gasteiger partial charge is 0.252 e. The maximum atomic E-state index is 12.6. The van der Waals surface area contributed by atoms with Crippen molar-refractivity contribution in [3.8, 4) is 0 Å². The molecular weight excluding hydrogens is 370 g/mol.